The molecule has 156 valence electrons. The Hall–Kier alpha value is -1.67. The maximum Gasteiger partial charge on any atom is 0.407 e. The molecular formula is C20H29BrFN3O3. The molecule has 1 saturated heterocycles. The number of hydrogen-bond acceptors (Lipinski definition) is 4. The van der Waals surface area contributed by atoms with Crippen LogP contribution in [0.1, 0.15) is 40.0 Å². The van der Waals surface area contributed by atoms with E-state index in [1.54, 1.807) is 6.07 Å². The topological polar surface area (TPSA) is 70.7 Å². The number of halogens is 2. The summed E-state index contributed by atoms with van der Waals surface area (Å²) in [5, 5.41) is 5.44. The molecule has 0 aromatic heterocycles. The van der Waals surface area contributed by atoms with Gasteiger partial charge in [-0.25, -0.2) is 9.18 Å². The molecule has 1 aliphatic heterocycles. The molecule has 8 heteroatoms. The van der Waals surface area contributed by atoms with Crippen molar-refractivity contribution in [1.82, 2.24) is 10.2 Å². The van der Waals surface area contributed by atoms with Gasteiger partial charge in [-0.15, -0.1) is 0 Å². The van der Waals surface area contributed by atoms with Crippen molar-refractivity contribution < 1.29 is 18.7 Å². The highest BCUT2D eigenvalue weighted by Crippen LogP contribution is 2.20. The molecule has 1 aliphatic rings. The Kier molecular flexibility index (Phi) is 8.24. The van der Waals surface area contributed by atoms with E-state index in [1.807, 2.05) is 20.8 Å². The molecule has 0 spiro atoms. The third-order valence-electron chi connectivity index (χ3n) is 4.40. The number of benzene rings is 1. The zero-order valence-corrected chi connectivity index (χ0v) is 18.3. The van der Waals surface area contributed by atoms with Gasteiger partial charge in [0, 0.05) is 30.5 Å². The van der Waals surface area contributed by atoms with Crippen molar-refractivity contribution in [1.29, 1.82) is 0 Å². The van der Waals surface area contributed by atoms with Gasteiger partial charge in [0.25, 0.3) is 0 Å². The van der Waals surface area contributed by atoms with Gasteiger partial charge < -0.3 is 20.3 Å². The molecule has 0 radical (unpaired) electrons. The minimum absolute atomic E-state index is 0.186. The Morgan fingerprint density at radius 3 is 2.79 bits per heavy atom. The monoisotopic (exact) mass is 457 g/mol. The summed E-state index contributed by atoms with van der Waals surface area (Å²) >= 11 is 3.19. The first-order chi connectivity index (χ1) is 13.1. The van der Waals surface area contributed by atoms with Gasteiger partial charge in [-0.3, -0.25) is 4.79 Å². The fourth-order valence-electron chi connectivity index (χ4n) is 3.13. The number of likely N-dealkylation sites (tertiary alicyclic amines) is 1. The number of rotatable bonds is 6. The first kappa shape index (κ1) is 22.6. The minimum Gasteiger partial charge on any atom is -0.444 e. The van der Waals surface area contributed by atoms with Crippen LogP contribution < -0.4 is 10.6 Å². The summed E-state index contributed by atoms with van der Waals surface area (Å²) in [5.74, 6) is -0.350. The molecule has 0 bridgehead atoms. The zero-order valence-electron chi connectivity index (χ0n) is 16.7. The van der Waals surface area contributed by atoms with E-state index in [0.717, 1.165) is 25.9 Å². The average molecular weight is 458 g/mol. The van der Waals surface area contributed by atoms with Crippen LogP contribution in [0.2, 0.25) is 0 Å². The second-order valence-electron chi connectivity index (χ2n) is 8.11. The molecule has 1 atom stereocenters. The van der Waals surface area contributed by atoms with Crippen LogP contribution in [0.4, 0.5) is 14.9 Å². The Balaban J connectivity index is 1.72. The van der Waals surface area contributed by atoms with Crippen LogP contribution in [0.25, 0.3) is 0 Å². The molecule has 1 heterocycles. The lowest BCUT2D eigenvalue weighted by Gasteiger charge is -2.32. The number of carbonyl (C=O) groups excluding carboxylic acids is 2. The van der Waals surface area contributed by atoms with Crippen LogP contribution in [0.3, 0.4) is 0 Å². The van der Waals surface area contributed by atoms with Crippen LogP contribution in [0, 0.1) is 11.7 Å². The predicted molar refractivity (Wildman–Crippen MR) is 111 cm³/mol. The van der Waals surface area contributed by atoms with Crippen LogP contribution in [-0.2, 0) is 9.53 Å². The number of carbonyl (C=O) groups is 2. The SMILES string of the molecule is CC(C)(C)OC(=O)NCC1CCCN(CCC(=O)Nc2ccc(Br)cc2F)C1. The van der Waals surface area contributed by atoms with Gasteiger partial charge in [0.15, 0.2) is 0 Å². The molecule has 1 aromatic carbocycles. The smallest absolute Gasteiger partial charge is 0.407 e. The number of hydrogen-bond donors (Lipinski definition) is 2. The van der Waals surface area contributed by atoms with Crippen LogP contribution in [-0.4, -0.2) is 48.7 Å². The van der Waals surface area contributed by atoms with E-state index in [2.05, 4.69) is 31.5 Å². The van der Waals surface area contributed by atoms with Gasteiger partial charge in [-0.05, 0) is 64.3 Å². The molecule has 6 nitrogen and oxygen atoms in total. The number of nitrogens with zero attached hydrogens (tertiary/aromatic N) is 1. The molecule has 1 aromatic rings. The lowest BCUT2D eigenvalue weighted by Crippen LogP contribution is -2.42. The van der Waals surface area contributed by atoms with E-state index in [1.165, 1.54) is 12.1 Å². The van der Waals surface area contributed by atoms with Gasteiger partial charge >= 0.3 is 6.09 Å². The Bertz CT molecular complexity index is 694. The molecule has 2 rings (SSSR count). The Labute approximate surface area is 174 Å². The summed E-state index contributed by atoms with van der Waals surface area (Å²) in [6, 6.07) is 4.55. The Morgan fingerprint density at radius 1 is 1.36 bits per heavy atom. The highest BCUT2D eigenvalue weighted by Gasteiger charge is 2.22. The van der Waals surface area contributed by atoms with Gasteiger partial charge in [0.05, 0.1) is 5.69 Å². The maximum atomic E-state index is 13.8. The third kappa shape index (κ3) is 8.14. The minimum atomic E-state index is -0.510. The number of nitrogens with one attached hydrogen (secondary N) is 2. The summed E-state index contributed by atoms with van der Waals surface area (Å²) in [7, 11) is 0. The summed E-state index contributed by atoms with van der Waals surface area (Å²) in [6.45, 7) is 8.40. The largest absolute Gasteiger partial charge is 0.444 e. The number of amides is 2. The van der Waals surface area contributed by atoms with E-state index in [4.69, 9.17) is 4.74 Å². The van der Waals surface area contributed by atoms with Gasteiger partial charge in [-0.1, -0.05) is 15.9 Å². The Morgan fingerprint density at radius 2 is 2.11 bits per heavy atom. The molecule has 2 amide bonds. The maximum absolute atomic E-state index is 13.8. The van der Waals surface area contributed by atoms with Crippen molar-refractivity contribution >= 4 is 33.6 Å². The van der Waals surface area contributed by atoms with Crippen molar-refractivity contribution in [3.05, 3.63) is 28.5 Å². The third-order valence-corrected chi connectivity index (χ3v) is 4.89. The second kappa shape index (κ2) is 10.2. The van der Waals surface area contributed by atoms with Crippen molar-refractivity contribution in [3.63, 3.8) is 0 Å². The summed E-state index contributed by atoms with van der Waals surface area (Å²) in [5.41, 5.74) is -0.323. The molecule has 0 aliphatic carbocycles. The van der Waals surface area contributed by atoms with Crippen molar-refractivity contribution in [2.75, 3.05) is 31.5 Å². The summed E-state index contributed by atoms with van der Waals surface area (Å²) in [6.07, 6.45) is 1.94. The lowest BCUT2D eigenvalue weighted by atomic mass is 9.98. The highest BCUT2D eigenvalue weighted by molar-refractivity contribution is 9.10. The molecule has 1 unspecified atom stereocenters. The number of anilines is 1. The highest BCUT2D eigenvalue weighted by atomic mass is 79.9. The first-order valence-electron chi connectivity index (χ1n) is 9.56. The normalized spacial score (nSPS) is 17.8. The van der Waals surface area contributed by atoms with E-state index in [-0.39, 0.29) is 11.6 Å². The van der Waals surface area contributed by atoms with Crippen molar-refractivity contribution in [2.24, 2.45) is 5.92 Å². The van der Waals surface area contributed by atoms with E-state index in [9.17, 15) is 14.0 Å². The molecule has 1 fully saturated rings. The van der Waals surface area contributed by atoms with Crippen molar-refractivity contribution in [2.45, 2.75) is 45.6 Å². The lowest BCUT2D eigenvalue weighted by molar-refractivity contribution is -0.116. The van der Waals surface area contributed by atoms with Crippen LogP contribution in [0.5, 0.6) is 0 Å². The van der Waals surface area contributed by atoms with Gasteiger partial charge in [-0.2, -0.15) is 0 Å². The number of ether oxygens (including phenoxy) is 1. The van der Waals surface area contributed by atoms with Crippen LogP contribution >= 0.6 is 15.9 Å². The fourth-order valence-corrected chi connectivity index (χ4v) is 3.46. The predicted octanol–water partition coefficient (Wildman–Crippen LogP) is 4.15. The molecular weight excluding hydrogens is 429 g/mol. The molecule has 28 heavy (non-hydrogen) atoms. The zero-order chi connectivity index (χ0) is 20.7. The van der Waals surface area contributed by atoms with Crippen molar-refractivity contribution in [3.8, 4) is 0 Å². The summed E-state index contributed by atoms with van der Waals surface area (Å²) in [4.78, 5) is 26.1. The number of alkyl carbamates (subject to hydrolysis) is 1. The van der Waals surface area contributed by atoms with E-state index in [0.29, 0.717) is 29.9 Å². The average Bonchev–Trinajstić information content (AvgIpc) is 2.60. The quantitative estimate of drug-likeness (QED) is 0.672. The van der Waals surface area contributed by atoms with E-state index >= 15 is 0 Å². The standard InChI is InChI=1S/C20H29BrFN3O3/c1-20(2,3)28-19(27)23-12-14-5-4-9-25(13-14)10-8-18(26)24-17-7-6-15(21)11-16(17)22/h6-7,11,14H,4-5,8-10,12-13H2,1-3H3,(H,23,27)(H,24,26). The first-order valence-corrected chi connectivity index (χ1v) is 10.4. The van der Waals surface area contributed by atoms with Crippen LogP contribution in [0.15, 0.2) is 22.7 Å². The number of piperidine rings is 1. The summed E-state index contributed by atoms with van der Waals surface area (Å²) < 4.78 is 19.7. The molecule has 0 saturated carbocycles. The fraction of sp³-hybridized carbons (Fsp3) is 0.600. The second-order valence-corrected chi connectivity index (χ2v) is 9.03. The van der Waals surface area contributed by atoms with Gasteiger partial charge in [0.1, 0.15) is 11.4 Å². The van der Waals surface area contributed by atoms with E-state index < -0.39 is 17.5 Å². The molecule has 2 N–H and O–H groups in total. The van der Waals surface area contributed by atoms with Gasteiger partial charge in [0.2, 0.25) is 5.91 Å².